The van der Waals surface area contributed by atoms with E-state index in [2.05, 4.69) is 15.2 Å². The van der Waals surface area contributed by atoms with Gasteiger partial charge in [-0.25, -0.2) is 9.78 Å². The van der Waals surface area contributed by atoms with Crippen LogP contribution in [0.15, 0.2) is 60.9 Å². The lowest BCUT2D eigenvalue weighted by Gasteiger charge is -2.36. The second-order valence-electron chi connectivity index (χ2n) is 6.97. The fourth-order valence-corrected chi connectivity index (χ4v) is 4.09. The van der Waals surface area contributed by atoms with Crippen molar-refractivity contribution in [3.63, 3.8) is 0 Å². The number of anilines is 3. The number of carbonyl (C=O) groups is 1. The molecule has 0 saturated carbocycles. The molecule has 1 aromatic carbocycles. The normalized spacial score (nSPS) is 17.4. The minimum atomic E-state index is -0.172. The lowest BCUT2D eigenvalue weighted by Crippen LogP contribution is -2.48. The van der Waals surface area contributed by atoms with Gasteiger partial charge in [-0.15, -0.1) is 0 Å². The Kier molecular flexibility index (Phi) is 4.13. The Balaban J connectivity index is 1.54. The van der Waals surface area contributed by atoms with Crippen LogP contribution in [0.4, 0.5) is 22.0 Å². The summed E-state index contributed by atoms with van der Waals surface area (Å²) in [4.78, 5) is 26.1. The van der Waals surface area contributed by atoms with E-state index in [0.29, 0.717) is 16.5 Å². The third-order valence-corrected chi connectivity index (χ3v) is 5.46. The summed E-state index contributed by atoms with van der Waals surface area (Å²) in [6, 6.07) is 15.1. The van der Waals surface area contributed by atoms with E-state index in [0.717, 1.165) is 36.5 Å². The fraction of sp³-hybridized carbons (Fsp3) is 0.190. The van der Waals surface area contributed by atoms with Crippen LogP contribution in [0.3, 0.4) is 0 Å². The number of nitrogens with one attached hydrogen (secondary N) is 1. The van der Waals surface area contributed by atoms with Gasteiger partial charge in [-0.2, -0.15) is 0 Å². The monoisotopic (exact) mass is 391 g/mol. The van der Waals surface area contributed by atoms with Crippen molar-refractivity contribution in [1.29, 1.82) is 0 Å². The summed E-state index contributed by atoms with van der Waals surface area (Å²) in [6.07, 6.45) is 4.24. The van der Waals surface area contributed by atoms with Gasteiger partial charge in [0.2, 0.25) is 0 Å². The van der Waals surface area contributed by atoms with Crippen LogP contribution in [0, 0.1) is 0 Å². The SMILES string of the molecule is O=C(Nc1ccncc1)N1c2nc(-c3cccc(Cl)c3)ccc2N2CC[C@H]1C2. The molecule has 28 heavy (non-hydrogen) atoms. The van der Waals surface area contributed by atoms with Gasteiger partial charge in [0.25, 0.3) is 0 Å². The Bertz CT molecular complexity index is 1040. The highest BCUT2D eigenvalue weighted by Gasteiger charge is 2.40. The smallest absolute Gasteiger partial charge is 0.327 e. The average molecular weight is 392 g/mol. The number of fused-ring (bicyclic) bond motifs is 4. The van der Waals surface area contributed by atoms with E-state index in [9.17, 15) is 4.79 Å². The van der Waals surface area contributed by atoms with Crippen LogP contribution in [-0.2, 0) is 0 Å². The van der Waals surface area contributed by atoms with Crippen molar-refractivity contribution < 1.29 is 4.79 Å². The maximum Gasteiger partial charge on any atom is 0.327 e. The number of benzene rings is 1. The van der Waals surface area contributed by atoms with Crippen LogP contribution in [-0.4, -0.2) is 35.1 Å². The quantitative estimate of drug-likeness (QED) is 0.702. The first kappa shape index (κ1) is 17.0. The molecule has 140 valence electrons. The molecular weight excluding hydrogens is 374 g/mol. The zero-order valence-corrected chi connectivity index (χ0v) is 15.8. The number of hydrogen-bond donors (Lipinski definition) is 1. The molecule has 1 saturated heterocycles. The van der Waals surface area contributed by atoms with Crippen LogP contribution in [0.25, 0.3) is 11.3 Å². The van der Waals surface area contributed by atoms with E-state index in [1.165, 1.54) is 0 Å². The van der Waals surface area contributed by atoms with Gasteiger partial charge in [0, 0.05) is 41.8 Å². The van der Waals surface area contributed by atoms with E-state index < -0.39 is 0 Å². The molecule has 3 aromatic rings. The zero-order chi connectivity index (χ0) is 19.1. The van der Waals surface area contributed by atoms with Crippen LogP contribution in [0.5, 0.6) is 0 Å². The molecule has 5 rings (SSSR count). The first-order valence-electron chi connectivity index (χ1n) is 9.21. The van der Waals surface area contributed by atoms with Gasteiger partial charge in [0.05, 0.1) is 17.4 Å². The average Bonchev–Trinajstić information content (AvgIpc) is 3.13. The molecule has 0 spiro atoms. The summed E-state index contributed by atoms with van der Waals surface area (Å²) >= 11 is 6.15. The van der Waals surface area contributed by atoms with E-state index in [-0.39, 0.29) is 12.1 Å². The number of halogens is 1. The van der Waals surface area contributed by atoms with E-state index in [1.807, 2.05) is 36.4 Å². The molecular formula is C21H18ClN5O. The van der Waals surface area contributed by atoms with Crippen LogP contribution in [0.1, 0.15) is 6.42 Å². The molecule has 4 heterocycles. The maximum atomic E-state index is 13.1. The Morgan fingerprint density at radius 1 is 1.14 bits per heavy atom. The minimum Gasteiger partial charge on any atom is -0.366 e. The largest absolute Gasteiger partial charge is 0.366 e. The standard InChI is InChI=1S/C21H18ClN5O/c22-15-3-1-2-14(12-15)18-4-5-19-20(25-18)27(17-8-11-26(19)13-17)21(28)24-16-6-9-23-10-7-16/h1-7,9-10,12,17H,8,11,13H2,(H,23,24,28)/t17-/m0/s1. The predicted octanol–water partition coefficient (Wildman–Crippen LogP) is 4.43. The summed E-state index contributed by atoms with van der Waals surface area (Å²) in [7, 11) is 0. The molecule has 2 amide bonds. The van der Waals surface area contributed by atoms with Gasteiger partial charge in [-0.05, 0) is 42.8 Å². The third kappa shape index (κ3) is 2.96. The number of urea groups is 1. The number of hydrogen-bond acceptors (Lipinski definition) is 4. The van der Waals surface area contributed by atoms with Crippen molar-refractivity contribution in [2.24, 2.45) is 0 Å². The van der Waals surface area contributed by atoms with Crippen molar-refractivity contribution in [1.82, 2.24) is 9.97 Å². The number of nitrogens with zero attached hydrogens (tertiary/aromatic N) is 4. The fourth-order valence-electron chi connectivity index (χ4n) is 3.90. The molecule has 1 fully saturated rings. The second kappa shape index (κ2) is 6.80. The van der Waals surface area contributed by atoms with Crippen molar-refractivity contribution in [3.05, 3.63) is 65.9 Å². The Morgan fingerprint density at radius 2 is 2.00 bits per heavy atom. The molecule has 0 radical (unpaired) electrons. The van der Waals surface area contributed by atoms with E-state index in [1.54, 1.807) is 29.4 Å². The number of carbonyl (C=O) groups excluding carboxylic acids is 1. The van der Waals surface area contributed by atoms with Gasteiger partial charge in [-0.1, -0.05) is 23.7 Å². The first-order valence-corrected chi connectivity index (χ1v) is 9.59. The second-order valence-corrected chi connectivity index (χ2v) is 7.41. The minimum absolute atomic E-state index is 0.108. The van der Waals surface area contributed by atoms with E-state index in [4.69, 9.17) is 16.6 Å². The number of aromatic nitrogens is 2. The summed E-state index contributed by atoms with van der Waals surface area (Å²) in [6.45, 7) is 1.75. The van der Waals surface area contributed by atoms with Gasteiger partial charge in [0.1, 0.15) is 0 Å². The molecule has 0 unspecified atom stereocenters. The maximum absolute atomic E-state index is 13.1. The molecule has 1 atom stereocenters. The molecule has 2 bridgehead atoms. The highest BCUT2D eigenvalue weighted by atomic mass is 35.5. The summed E-state index contributed by atoms with van der Waals surface area (Å²) in [5.41, 5.74) is 3.43. The van der Waals surface area contributed by atoms with E-state index >= 15 is 0 Å². The van der Waals surface area contributed by atoms with Gasteiger partial charge < -0.3 is 10.2 Å². The third-order valence-electron chi connectivity index (χ3n) is 5.22. The molecule has 7 heteroatoms. The van der Waals surface area contributed by atoms with Gasteiger partial charge in [-0.3, -0.25) is 9.88 Å². The van der Waals surface area contributed by atoms with Crippen LogP contribution >= 0.6 is 11.6 Å². The highest BCUT2D eigenvalue weighted by Crippen LogP contribution is 2.40. The highest BCUT2D eigenvalue weighted by molar-refractivity contribution is 6.30. The zero-order valence-electron chi connectivity index (χ0n) is 15.0. The molecule has 2 aliphatic heterocycles. The van der Waals surface area contributed by atoms with Crippen molar-refractivity contribution in [3.8, 4) is 11.3 Å². The topological polar surface area (TPSA) is 61.4 Å². The summed E-state index contributed by atoms with van der Waals surface area (Å²) < 4.78 is 0. The van der Waals surface area contributed by atoms with Crippen molar-refractivity contribution in [2.75, 3.05) is 28.2 Å². The van der Waals surface area contributed by atoms with Crippen LogP contribution in [0.2, 0.25) is 5.02 Å². The lowest BCUT2D eigenvalue weighted by atomic mass is 10.1. The Morgan fingerprint density at radius 3 is 2.82 bits per heavy atom. The molecule has 6 nitrogen and oxygen atoms in total. The van der Waals surface area contributed by atoms with Crippen molar-refractivity contribution >= 4 is 34.8 Å². The van der Waals surface area contributed by atoms with Crippen molar-refractivity contribution in [2.45, 2.75) is 12.5 Å². The molecule has 0 aliphatic carbocycles. The number of amides is 2. The Labute approximate surface area is 167 Å². The lowest BCUT2D eigenvalue weighted by molar-refractivity contribution is 0.255. The number of pyridine rings is 2. The van der Waals surface area contributed by atoms with Crippen LogP contribution < -0.4 is 15.1 Å². The number of rotatable bonds is 2. The summed E-state index contributed by atoms with van der Waals surface area (Å²) in [5.74, 6) is 0.692. The van der Waals surface area contributed by atoms with Gasteiger partial charge >= 0.3 is 6.03 Å². The van der Waals surface area contributed by atoms with Gasteiger partial charge in [0.15, 0.2) is 5.82 Å². The first-order chi connectivity index (χ1) is 13.7. The Hall–Kier alpha value is -3.12. The molecule has 2 aliphatic rings. The predicted molar refractivity (Wildman–Crippen MR) is 111 cm³/mol. The summed E-state index contributed by atoms with van der Waals surface area (Å²) in [5, 5.41) is 3.63. The molecule has 1 N–H and O–H groups in total. The molecule has 2 aromatic heterocycles.